The van der Waals surface area contributed by atoms with Gasteiger partial charge in [-0.2, -0.15) is 0 Å². The molecule has 2 heterocycles. The Morgan fingerprint density at radius 1 is 0.902 bits per heavy atom. The minimum absolute atomic E-state index is 0.156. The van der Waals surface area contributed by atoms with Crippen LogP contribution in [0.1, 0.15) is 56.9 Å². The summed E-state index contributed by atoms with van der Waals surface area (Å²) in [5, 5.41) is 1.01. The van der Waals surface area contributed by atoms with Gasteiger partial charge in [0.2, 0.25) is 5.88 Å². The lowest BCUT2D eigenvalue weighted by molar-refractivity contribution is -0.142. The predicted octanol–water partition coefficient (Wildman–Crippen LogP) is 6.13. The van der Waals surface area contributed by atoms with Gasteiger partial charge in [-0.25, -0.2) is 4.98 Å². The Morgan fingerprint density at radius 3 is 2.34 bits per heavy atom. The van der Waals surface area contributed by atoms with Gasteiger partial charge >= 0.3 is 13.1 Å². The van der Waals surface area contributed by atoms with Gasteiger partial charge in [0, 0.05) is 11.1 Å². The lowest BCUT2D eigenvalue weighted by Gasteiger charge is -2.32. The summed E-state index contributed by atoms with van der Waals surface area (Å²) in [7, 11) is -0.515. The van der Waals surface area contributed by atoms with Crippen LogP contribution in [-0.4, -0.2) is 42.5 Å². The van der Waals surface area contributed by atoms with Gasteiger partial charge in [-0.15, -0.1) is 0 Å². The van der Waals surface area contributed by atoms with Gasteiger partial charge < -0.3 is 23.5 Å². The number of hydrogen-bond donors (Lipinski definition) is 0. The standard InChI is InChI=1S/C31H36BCl2NO6/c1-6-38-29(36)18-21-10-12-25(32-40-30(2,3)31(4,5)41-32)16-24(21)19-37-15-14-22-17-26(33)13-11-23(22)20-39-28-9-7-8-27(34)35-28/h7-13,16-17H,6,14-15,18-20H2,1-5H3. The van der Waals surface area contributed by atoms with E-state index in [9.17, 15) is 4.79 Å². The van der Waals surface area contributed by atoms with E-state index in [1.54, 1.807) is 25.1 Å². The Labute approximate surface area is 252 Å². The minimum atomic E-state index is -0.515. The van der Waals surface area contributed by atoms with Crippen LogP contribution < -0.4 is 10.2 Å². The molecule has 0 spiro atoms. The molecule has 1 aliphatic heterocycles. The molecular formula is C31H36BCl2NO6. The number of carbonyl (C=O) groups is 1. The summed E-state index contributed by atoms with van der Waals surface area (Å²) in [6.07, 6.45) is 0.774. The number of halogens is 2. The van der Waals surface area contributed by atoms with Gasteiger partial charge in [-0.05, 0) is 87.0 Å². The summed E-state index contributed by atoms with van der Waals surface area (Å²) in [5.74, 6) is 0.167. The van der Waals surface area contributed by atoms with Crippen molar-refractivity contribution in [1.29, 1.82) is 0 Å². The van der Waals surface area contributed by atoms with Gasteiger partial charge in [0.05, 0.1) is 37.4 Å². The van der Waals surface area contributed by atoms with E-state index in [-0.39, 0.29) is 12.4 Å². The molecule has 41 heavy (non-hydrogen) atoms. The van der Waals surface area contributed by atoms with E-state index >= 15 is 0 Å². The van der Waals surface area contributed by atoms with Gasteiger partial charge in [0.1, 0.15) is 11.8 Å². The number of aromatic nitrogens is 1. The van der Waals surface area contributed by atoms with Crippen molar-refractivity contribution in [3.63, 3.8) is 0 Å². The summed E-state index contributed by atoms with van der Waals surface area (Å²) in [6.45, 7) is 11.3. The topological polar surface area (TPSA) is 76.1 Å². The second-order valence-corrected chi connectivity index (χ2v) is 11.7. The molecule has 4 rings (SSSR count). The van der Waals surface area contributed by atoms with Crippen molar-refractivity contribution in [1.82, 2.24) is 4.98 Å². The molecule has 2 aromatic carbocycles. The summed E-state index contributed by atoms with van der Waals surface area (Å²) in [4.78, 5) is 16.5. The monoisotopic (exact) mass is 599 g/mol. The molecule has 0 saturated carbocycles. The van der Waals surface area contributed by atoms with Gasteiger partial charge in [0.15, 0.2) is 0 Å². The van der Waals surface area contributed by atoms with E-state index in [0.717, 1.165) is 27.7 Å². The molecule has 0 unspecified atom stereocenters. The molecular weight excluding hydrogens is 564 g/mol. The molecule has 10 heteroatoms. The van der Waals surface area contributed by atoms with E-state index in [0.29, 0.717) is 48.9 Å². The molecule has 0 N–H and O–H groups in total. The van der Waals surface area contributed by atoms with Crippen molar-refractivity contribution in [2.45, 2.75) is 71.9 Å². The Hall–Kier alpha value is -2.62. The molecule has 0 atom stereocenters. The molecule has 218 valence electrons. The van der Waals surface area contributed by atoms with Crippen LogP contribution in [0.2, 0.25) is 10.2 Å². The zero-order valence-corrected chi connectivity index (χ0v) is 25.7. The molecule has 1 fully saturated rings. The smallest absolute Gasteiger partial charge is 0.473 e. The average Bonchev–Trinajstić information content (AvgIpc) is 3.13. The average molecular weight is 600 g/mol. The van der Waals surface area contributed by atoms with Crippen molar-refractivity contribution < 1.29 is 28.3 Å². The number of hydrogen-bond acceptors (Lipinski definition) is 7. The summed E-state index contributed by atoms with van der Waals surface area (Å²) < 4.78 is 29.7. The highest BCUT2D eigenvalue weighted by molar-refractivity contribution is 6.62. The number of nitrogens with zero attached hydrogens (tertiary/aromatic N) is 1. The van der Waals surface area contributed by atoms with Crippen molar-refractivity contribution in [2.75, 3.05) is 13.2 Å². The first kappa shape index (κ1) is 31.3. The molecule has 0 aliphatic carbocycles. The Balaban J connectivity index is 1.44. The zero-order valence-electron chi connectivity index (χ0n) is 24.2. The number of rotatable bonds is 12. The molecule has 3 aromatic rings. The van der Waals surface area contributed by atoms with Crippen molar-refractivity contribution in [3.8, 4) is 5.88 Å². The third-order valence-electron chi connectivity index (χ3n) is 7.40. The van der Waals surface area contributed by atoms with Crippen LogP contribution in [0.3, 0.4) is 0 Å². The van der Waals surface area contributed by atoms with Crippen LogP contribution in [0.25, 0.3) is 0 Å². The first-order valence-electron chi connectivity index (χ1n) is 13.7. The van der Waals surface area contributed by atoms with Gasteiger partial charge in [0.25, 0.3) is 0 Å². The number of benzene rings is 2. The fraction of sp³-hybridized carbons (Fsp3) is 0.419. The quantitative estimate of drug-likeness (QED) is 0.107. The SMILES string of the molecule is CCOC(=O)Cc1ccc(B2OC(C)(C)C(C)(C)O2)cc1COCCc1cc(Cl)ccc1COc1cccc(Cl)n1. The lowest BCUT2D eigenvalue weighted by atomic mass is 9.77. The molecule has 1 aliphatic rings. The molecule has 0 bridgehead atoms. The maximum atomic E-state index is 12.3. The molecule has 0 radical (unpaired) electrons. The van der Waals surface area contributed by atoms with E-state index in [2.05, 4.69) is 4.98 Å². The predicted molar refractivity (Wildman–Crippen MR) is 161 cm³/mol. The number of carbonyl (C=O) groups excluding carboxylic acids is 1. The van der Waals surface area contributed by atoms with E-state index in [1.807, 2.05) is 64.1 Å². The molecule has 1 saturated heterocycles. The Morgan fingerprint density at radius 2 is 1.63 bits per heavy atom. The second kappa shape index (κ2) is 13.6. The van der Waals surface area contributed by atoms with Crippen LogP contribution in [0.5, 0.6) is 5.88 Å². The fourth-order valence-electron chi connectivity index (χ4n) is 4.40. The van der Waals surface area contributed by atoms with Crippen molar-refractivity contribution in [2.24, 2.45) is 0 Å². The van der Waals surface area contributed by atoms with Gasteiger partial charge in [-0.3, -0.25) is 4.79 Å². The maximum absolute atomic E-state index is 12.3. The largest absolute Gasteiger partial charge is 0.494 e. The van der Waals surface area contributed by atoms with E-state index in [4.69, 9.17) is 46.7 Å². The zero-order chi connectivity index (χ0) is 29.6. The Bertz CT molecular complexity index is 1350. The first-order valence-corrected chi connectivity index (χ1v) is 14.5. The Kier molecular flexibility index (Phi) is 10.4. The third-order valence-corrected chi connectivity index (χ3v) is 7.85. The van der Waals surface area contributed by atoms with Crippen LogP contribution in [0.15, 0.2) is 54.6 Å². The summed E-state index contributed by atoms with van der Waals surface area (Å²) in [5.41, 5.74) is 3.67. The highest BCUT2D eigenvalue weighted by Crippen LogP contribution is 2.36. The molecule has 1 aromatic heterocycles. The van der Waals surface area contributed by atoms with Crippen LogP contribution in [-0.2, 0) is 49.6 Å². The number of ether oxygens (including phenoxy) is 3. The van der Waals surface area contributed by atoms with E-state index in [1.165, 1.54) is 0 Å². The maximum Gasteiger partial charge on any atom is 0.494 e. The van der Waals surface area contributed by atoms with E-state index < -0.39 is 18.3 Å². The first-order chi connectivity index (χ1) is 19.5. The minimum Gasteiger partial charge on any atom is -0.473 e. The molecule has 0 amide bonds. The third kappa shape index (κ3) is 8.24. The highest BCUT2D eigenvalue weighted by atomic mass is 35.5. The van der Waals surface area contributed by atoms with Crippen molar-refractivity contribution in [3.05, 3.63) is 87.0 Å². The van der Waals surface area contributed by atoms with Crippen LogP contribution in [0, 0.1) is 0 Å². The second-order valence-electron chi connectivity index (χ2n) is 10.9. The summed E-state index contributed by atoms with van der Waals surface area (Å²) in [6, 6.07) is 16.8. The highest BCUT2D eigenvalue weighted by Gasteiger charge is 2.51. The lowest BCUT2D eigenvalue weighted by Crippen LogP contribution is -2.41. The number of pyridine rings is 1. The number of esters is 1. The summed E-state index contributed by atoms with van der Waals surface area (Å²) >= 11 is 12.3. The fourth-order valence-corrected chi connectivity index (χ4v) is 4.75. The van der Waals surface area contributed by atoms with Crippen LogP contribution >= 0.6 is 23.2 Å². The van der Waals surface area contributed by atoms with Gasteiger partial charge in [-0.1, -0.05) is 53.5 Å². The molecule has 7 nitrogen and oxygen atoms in total. The normalized spacial score (nSPS) is 15.6. The van der Waals surface area contributed by atoms with Crippen molar-refractivity contribution >= 4 is 41.8 Å². The van der Waals surface area contributed by atoms with Crippen LogP contribution in [0.4, 0.5) is 0 Å².